The van der Waals surface area contributed by atoms with Crippen molar-refractivity contribution in [3.05, 3.63) is 71.6 Å². The molecule has 1 aliphatic carbocycles. The van der Waals surface area contributed by atoms with E-state index in [4.69, 9.17) is 15.5 Å². The van der Waals surface area contributed by atoms with Crippen molar-refractivity contribution in [2.75, 3.05) is 13.7 Å². The van der Waals surface area contributed by atoms with E-state index in [2.05, 4.69) is 9.97 Å². The van der Waals surface area contributed by atoms with E-state index in [1.807, 2.05) is 29.7 Å². The maximum Gasteiger partial charge on any atom is 0.387 e. The predicted molar refractivity (Wildman–Crippen MR) is 142 cm³/mol. The summed E-state index contributed by atoms with van der Waals surface area (Å²) < 4.78 is 33.6. The normalized spacial score (nSPS) is 27.0. The third-order valence-corrected chi connectivity index (χ3v) is 8.70. The lowest BCUT2D eigenvalue weighted by Gasteiger charge is -2.50. The molecule has 4 heterocycles. The summed E-state index contributed by atoms with van der Waals surface area (Å²) in [7, 11) is 1.72. The summed E-state index contributed by atoms with van der Waals surface area (Å²) in [5, 5.41) is 9.60. The molecular formula is C29H28F2N6O3. The zero-order valence-corrected chi connectivity index (χ0v) is 22.0. The van der Waals surface area contributed by atoms with Crippen LogP contribution in [0, 0.1) is 5.41 Å². The van der Waals surface area contributed by atoms with Crippen molar-refractivity contribution in [2.45, 2.75) is 50.4 Å². The monoisotopic (exact) mass is 546 g/mol. The van der Waals surface area contributed by atoms with E-state index < -0.39 is 18.2 Å². The summed E-state index contributed by atoms with van der Waals surface area (Å²) in [5.41, 5.74) is 9.66. The maximum absolute atomic E-state index is 13.4. The predicted octanol–water partition coefficient (Wildman–Crippen LogP) is 4.16. The molecule has 4 aromatic rings. The molecule has 1 saturated carbocycles. The fourth-order valence-corrected chi connectivity index (χ4v) is 6.93. The molecule has 11 heteroatoms. The highest BCUT2D eigenvalue weighted by atomic mass is 19.3. The number of imidazole rings is 1. The van der Waals surface area contributed by atoms with E-state index in [1.165, 1.54) is 6.07 Å². The lowest BCUT2D eigenvalue weighted by molar-refractivity contribution is -0.0507. The Labute approximate surface area is 228 Å². The Bertz CT molecular complexity index is 1660. The fourth-order valence-electron chi connectivity index (χ4n) is 6.93. The summed E-state index contributed by atoms with van der Waals surface area (Å²) in [6.45, 7) is -0.943. The van der Waals surface area contributed by atoms with Gasteiger partial charge in [0.2, 0.25) is 0 Å². The molecule has 9 nitrogen and oxygen atoms in total. The Balaban J connectivity index is 1.30. The van der Waals surface area contributed by atoms with Gasteiger partial charge < -0.3 is 25.0 Å². The van der Waals surface area contributed by atoms with Crippen LogP contribution >= 0.6 is 0 Å². The Morgan fingerprint density at radius 1 is 1.15 bits per heavy atom. The van der Waals surface area contributed by atoms with Crippen LogP contribution in [-0.4, -0.2) is 55.7 Å². The molecule has 0 saturated heterocycles. The molecule has 2 aromatic carbocycles. The molecular weight excluding hydrogens is 518 g/mol. The molecule has 2 aromatic heterocycles. The van der Waals surface area contributed by atoms with Crippen LogP contribution in [0.5, 0.6) is 5.75 Å². The van der Waals surface area contributed by atoms with E-state index in [1.54, 1.807) is 36.5 Å². The minimum Gasteiger partial charge on any atom is -0.434 e. The second-order valence-corrected chi connectivity index (χ2v) is 11.6. The number of nitrogens with zero attached hydrogens (tertiary/aromatic N) is 5. The van der Waals surface area contributed by atoms with Gasteiger partial charge in [-0.1, -0.05) is 19.1 Å². The number of fused-ring (bicyclic) bond motifs is 9. The average Bonchev–Trinajstić information content (AvgIpc) is 3.45. The van der Waals surface area contributed by atoms with Crippen molar-refractivity contribution in [3.63, 3.8) is 0 Å². The molecule has 1 fully saturated rings. The Morgan fingerprint density at radius 2 is 1.90 bits per heavy atom. The van der Waals surface area contributed by atoms with Crippen LogP contribution in [0.2, 0.25) is 0 Å². The van der Waals surface area contributed by atoms with Crippen LogP contribution in [0.3, 0.4) is 0 Å². The molecule has 0 spiro atoms. The van der Waals surface area contributed by atoms with Gasteiger partial charge in [0.25, 0.3) is 5.91 Å². The van der Waals surface area contributed by atoms with Crippen LogP contribution in [0.15, 0.2) is 48.8 Å². The van der Waals surface area contributed by atoms with Gasteiger partial charge in [-0.05, 0) is 48.1 Å². The Kier molecular flexibility index (Phi) is 5.33. The number of halogens is 2. The van der Waals surface area contributed by atoms with Gasteiger partial charge in [-0.15, -0.1) is 0 Å². The van der Waals surface area contributed by atoms with E-state index in [0.29, 0.717) is 42.0 Å². The largest absolute Gasteiger partial charge is 0.434 e. The van der Waals surface area contributed by atoms with Crippen molar-refractivity contribution in [1.29, 1.82) is 0 Å². The number of aromatic nitrogens is 4. The average molecular weight is 547 g/mol. The van der Waals surface area contributed by atoms with E-state index in [0.717, 1.165) is 22.2 Å². The van der Waals surface area contributed by atoms with Crippen molar-refractivity contribution in [1.82, 2.24) is 24.4 Å². The van der Waals surface area contributed by atoms with Crippen molar-refractivity contribution in [2.24, 2.45) is 11.1 Å². The number of aliphatic hydroxyl groups is 1. The second kappa shape index (κ2) is 8.52. The van der Waals surface area contributed by atoms with Gasteiger partial charge in [-0.2, -0.15) is 8.78 Å². The molecule has 2 bridgehead atoms. The molecule has 2 aliphatic heterocycles. The summed E-state index contributed by atoms with van der Waals surface area (Å²) >= 11 is 0. The quantitative estimate of drug-likeness (QED) is 0.386. The number of amides is 1. The Morgan fingerprint density at radius 3 is 2.60 bits per heavy atom. The summed E-state index contributed by atoms with van der Waals surface area (Å²) in [6.07, 6.45) is 5.22. The van der Waals surface area contributed by atoms with Crippen LogP contribution < -0.4 is 10.5 Å². The summed E-state index contributed by atoms with van der Waals surface area (Å²) in [5.74, 6) is 1.01. The summed E-state index contributed by atoms with van der Waals surface area (Å²) in [4.78, 5) is 28.9. The highest BCUT2D eigenvalue weighted by Crippen LogP contribution is 2.52. The van der Waals surface area contributed by atoms with Gasteiger partial charge in [-0.25, -0.2) is 15.0 Å². The number of aliphatic hydroxyl groups excluding tert-OH is 1. The molecule has 0 unspecified atom stereocenters. The van der Waals surface area contributed by atoms with Gasteiger partial charge in [0.1, 0.15) is 17.4 Å². The molecule has 40 heavy (non-hydrogen) atoms. The van der Waals surface area contributed by atoms with Gasteiger partial charge in [0.15, 0.2) is 0 Å². The molecule has 7 rings (SSSR count). The minimum absolute atomic E-state index is 0.00116. The molecule has 3 N–H and O–H groups in total. The van der Waals surface area contributed by atoms with Crippen LogP contribution in [0.4, 0.5) is 8.78 Å². The topological polar surface area (TPSA) is 119 Å². The second-order valence-electron chi connectivity index (χ2n) is 11.6. The zero-order valence-electron chi connectivity index (χ0n) is 22.0. The van der Waals surface area contributed by atoms with Crippen molar-refractivity contribution in [3.8, 4) is 16.9 Å². The standard InChI is InChI=1S/C29H28F2N6O3/c1-28(14-38)12-29(32,13-28)26-33-10-16(11-34-26)15-6-7-18-19(8-15)37-20-9-21(24(37)35-18)36(2)25(39)17-4-3-5-22(23(17)20)40-27(30)31/h3-8,10-11,20-21,27,38H,9,12-14,32H2,1-2H3/t20-,21+,28?,29?/m0/s1. The van der Waals surface area contributed by atoms with Crippen LogP contribution in [0.25, 0.3) is 22.2 Å². The fraction of sp³-hybridized carbons (Fsp3) is 0.379. The van der Waals surface area contributed by atoms with Gasteiger partial charge in [0.05, 0.1) is 28.7 Å². The number of ether oxygens (including phenoxy) is 1. The first-order chi connectivity index (χ1) is 19.1. The van der Waals surface area contributed by atoms with Gasteiger partial charge in [0, 0.05) is 49.2 Å². The maximum atomic E-state index is 13.4. The third kappa shape index (κ3) is 3.57. The molecule has 0 radical (unpaired) electrons. The van der Waals surface area contributed by atoms with Gasteiger partial charge >= 0.3 is 6.61 Å². The van der Waals surface area contributed by atoms with Crippen LogP contribution in [-0.2, 0) is 5.54 Å². The number of rotatable bonds is 5. The molecule has 2 atom stereocenters. The van der Waals surface area contributed by atoms with Crippen molar-refractivity contribution < 1.29 is 23.4 Å². The number of hydrogen-bond acceptors (Lipinski definition) is 7. The number of hydrogen-bond donors (Lipinski definition) is 2. The highest BCUT2D eigenvalue weighted by Gasteiger charge is 2.52. The number of carbonyl (C=O) groups excluding carboxylic acids is 1. The summed E-state index contributed by atoms with van der Waals surface area (Å²) in [6, 6.07) is 9.82. The number of benzene rings is 2. The van der Waals surface area contributed by atoms with Crippen molar-refractivity contribution >= 4 is 16.9 Å². The number of carbonyl (C=O) groups is 1. The molecule has 206 valence electrons. The first kappa shape index (κ1) is 25.0. The lowest BCUT2D eigenvalue weighted by atomic mass is 9.58. The molecule has 1 amide bonds. The number of alkyl halides is 2. The highest BCUT2D eigenvalue weighted by molar-refractivity contribution is 5.98. The minimum atomic E-state index is -3.02. The van der Waals surface area contributed by atoms with Gasteiger partial charge in [-0.3, -0.25) is 4.79 Å². The first-order valence-corrected chi connectivity index (χ1v) is 13.2. The third-order valence-electron chi connectivity index (χ3n) is 8.70. The SMILES string of the molecule is CN1C(=O)c2cccc(OC(F)F)c2[C@@H]2C[C@@H]1c1nc3ccc(-c4cnc(C5(N)CC(C)(CO)C5)nc4)cc3n12. The molecule has 3 aliphatic rings. The Hall–Kier alpha value is -3.96. The smallest absolute Gasteiger partial charge is 0.387 e. The van der Waals surface area contributed by atoms with E-state index in [-0.39, 0.29) is 29.7 Å². The van der Waals surface area contributed by atoms with E-state index in [9.17, 15) is 18.7 Å². The van der Waals surface area contributed by atoms with E-state index >= 15 is 0 Å². The first-order valence-electron chi connectivity index (χ1n) is 13.2. The number of nitrogens with two attached hydrogens (primary N) is 1. The lowest BCUT2D eigenvalue weighted by Crippen LogP contribution is -2.56. The zero-order chi connectivity index (χ0) is 28.0. The van der Waals surface area contributed by atoms with Crippen LogP contribution in [0.1, 0.15) is 65.8 Å².